The van der Waals surface area contributed by atoms with Gasteiger partial charge in [0.1, 0.15) is 5.56 Å². The largest absolute Gasteiger partial charge is 0.350 e. The minimum atomic E-state index is -0.709. The quantitative estimate of drug-likeness (QED) is 0.648. The SMILES string of the molecule is CC(C)(C#N)CNC(=O)c1ccccc1[N+](=O)[O-]. The van der Waals surface area contributed by atoms with Crippen LogP contribution in [0.3, 0.4) is 0 Å². The molecule has 0 heterocycles. The van der Waals surface area contributed by atoms with Crippen molar-refractivity contribution >= 4 is 11.6 Å². The van der Waals surface area contributed by atoms with E-state index in [0.29, 0.717) is 0 Å². The van der Waals surface area contributed by atoms with Crippen LogP contribution < -0.4 is 5.32 Å². The van der Waals surface area contributed by atoms with Crippen molar-refractivity contribution in [2.45, 2.75) is 13.8 Å². The third kappa shape index (κ3) is 3.28. The summed E-state index contributed by atoms with van der Waals surface area (Å²) in [5.41, 5.74) is -0.958. The van der Waals surface area contributed by atoms with E-state index in [0.717, 1.165) is 0 Å². The summed E-state index contributed by atoms with van der Waals surface area (Å²) < 4.78 is 0. The molecule has 0 unspecified atom stereocenters. The Morgan fingerprint density at radius 3 is 2.67 bits per heavy atom. The monoisotopic (exact) mass is 247 g/mol. The number of nitro benzene ring substituents is 1. The van der Waals surface area contributed by atoms with Crippen molar-refractivity contribution < 1.29 is 9.72 Å². The van der Waals surface area contributed by atoms with Crippen LogP contribution >= 0.6 is 0 Å². The van der Waals surface area contributed by atoms with Crippen molar-refractivity contribution in [2.75, 3.05) is 6.54 Å². The second-order valence-electron chi connectivity index (χ2n) is 4.45. The van der Waals surface area contributed by atoms with E-state index >= 15 is 0 Å². The van der Waals surface area contributed by atoms with Crippen LogP contribution in [0.5, 0.6) is 0 Å². The number of para-hydroxylation sites is 1. The standard InChI is InChI=1S/C12H13N3O3/c1-12(2,7-13)8-14-11(16)9-5-3-4-6-10(9)15(17)18/h3-6H,8H2,1-2H3,(H,14,16). The lowest BCUT2D eigenvalue weighted by atomic mass is 9.96. The Kier molecular flexibility index (Phi) is 4.00. The molecule has 6 heteroatoms. The summed E-state index contributed by atoms with van der Waals surface area (Å²) in [6, 6.07) is 7.73. The molecule has 0 aromatic heterocycles. The first kappa shape index (κ1) is 13.6. The van der Waals surface area contributed by atoms with Gasteiger partial charge in [0.05, 0.1) is 16.4 Å². The zero-order valence-corrected chi connectivity index (χ0v) is 10.1. The molecule has 0 aliphatic heterocycles. The third-order valence-corrected chi connectivity index (χ3v) is 2.34. The van der Waals surface area contributed by atoms with Crippen LogP contribution in [-0.2, 0) is 0 Å². The van der Waals surface area contributed by atoms with Crippen LogP contribution in [0.1, 0.15) is 24.2 Å². The van der Waals surface area contributed by atoms with Crippen LogP contribution in [0, 0.1) is 26.9 Å². The Bertz CT molecular complexity index is 518. The summed E-state index contributed by atoms with van der Waals surface area (Å²) in [6.07, 6.45) is 0. The Morgan fingerprint density at radius 2 is 2.11 bits per heavy atom. The van der Waals surface area contributed by atoms with Crippen molar-refractivity contribution in [1.82, 2.24) is 5.32 Å². The molecule has 1 aromatic rings. The minimum absolute atomic E-state index is 0.00348. The fourth-order valence-electron chi connectivity index (χ4n) is 1.26. The Balaban J connectivity index is 2.86. The number of nitro groups is 1. The zero-order chi connectivity index (χ0) is 13.8. The Morgan fingerprint density at radius 1 is 1.50 bits per heavy atom. The van der Waals surface area contributed by atoms with Gasteiger partial charge in [0, 0.05) is 12.6 Å². The molecule has 1 N–H and O–H groups in total. The van der Waals surface area contributed by atoms with E-state index in [1.54, 1.807) is 19.9 Å². The maximum Gasteiger partial charge on any atom is 0.282 e. The van der Waals surface area contributed by atoms with E-state index in [1.165, 1.54) is 18.2 Å². The highest BCUT2D eigenvalue weighted by Crippen LogP contribution is 2.18. The number of hydrogen-bond donors (Lipinski definition) is 1. The first-order valence-corrected chi connectivity index (χ1v) is 5.30. The van der Waals surface area contributed by atoms with E-state index in [2.05, 4.69) is 5.32 Å². The van der Waals surface area contributed by atoms with Gasteiger partial charge in [-0.3, -0.25) is 14.9 Å². The van der Waals surface area contributed by atoms with Crippen molar-refractivity contribution in [3.05, 3.63) is 39.9 Å². The van der Waals surface area contributed by atoms with Crippen LogP contribution in [-0.4, -0.2) is 17.4 Å². The van der Waals surface area contributed by atoms with Crippen molar-refractivity contribution in [1.29, 1.82) is 5.26 Å². The summed E-state index contributed by atoms with van der Waals surface area (Å²) in [6.45, 7) is 3.48. The summed E-state index contributed by atoms with van der Waals surface area (Å²) in [4.78, 5) is 22.0. The molecule has 0 fully saturated rings. The molecule has 6 nitrogen and oxygen atoms in total. The number of hydrogen-bond acceptors (Lipinski definition) is 4. The number of rotatable bonds is 4. The molecular weight excluding hydrogens is 234 g/mol. The van der Waals surface area contributed by atoms with Gasteiger partial charge in [0.25, 0.3) is 11.6 Å². The molecular formula is C12H13N3O3. The highest BCUT2D eigenvalue weighted by molar-refractivity contribution is 5.98. The van der Waals surface area contributed by atoms with Gasteiger partial charge in [-0.25, -0.2) is 0 Å². The van der Waals surface area contributed by atoms with Gasteiger partial charge in [-0.05, 0) is 19.9 Å². The van der Waals surface area contributed by atoms with Crippen molar-refractivity contribution in [3.63, 3.8) is 0 Å². The highest BCUT2D eigenvalue weighted by atomic mass is 16.6. The topological polar surface area (TPSA) is 96.0 Å². The molecule has 0 bridgehead atoms. The van der Waals surface area contributed by atoms with E-state index in [4.69, 9.17) is 5.26 Å². The Hall–Kier alpha value is -2.42. The predicted octanol–water partition coefficient (Wildman–Crippen LogP) is 1.87. The summed E-state index contributed by atoms with van der Waals surface area (Å²) >= 11 is 0. The molecule has 1 aromatic carbocycles. The molecule has 0 radical (unpaired) electrons. The maximum absolute atomic E-state index is 11.8. The second-order valence-corrected chi connectivity index (χ2v) is 4.45. The molecule has 0 aliphatic carbocycles. The van der Waals surface area contributed by atoms with E-state index in [9.17, 15) is 14.9 Å². The van der Waals surface area contributed by atoms with Gasteiger partial charge in [-0.2, -0.15) is 5.26 Å². The zero-order valence-electron chi connectivity index (χ0n) is 10.1. The lowest BCUT2D eigenvalue weighted by Gasteiger charge is -2.15. The van der Waals surface area contributed by atoms with E-state index in [1.807, 2.05) is 6.07 Å². The second kappa shape index (κ2) is 5.27. The number of nitriles is 1. The molecule has 0 saturated heterocycles. The average Bonchev–Trinajstić information content (AvgIpc) is 2.36. The first-order valence-electron chi connectivity index (χ1n) is 5.30. The molecule has 1 amide bonds. The lowest BCUT2D eigenvalue weighted by Crippen LogP contribution is -2.33. The van der Waals surface area contributed by atoms with Gasteiger partial charge >= 0.3 is 0 Å². The van der Waals surface area contributed by atoms with Gasteiger partial charge < -0.3 is 5.32 Å². The number of carbonyl (C=O) groups excluding carboxylic acids is 1. The fraction of sp³-hybridized carbons (Fsp3) is 0.333. The van der Waals surface area contributed by atoms with Crippen molar-refractivity contribution in [2.24, 2.45) is 5.41 Å². The predicted molar refractivity (Wildman–Crippen MR) is 64.8 cm³/mol. The molecule has 0 aliphatic rings. The molecule has 18 heavy (non-hydrogen) atoms. The van der Waals surface area contributed by atoms with Crippen LogP contribution in [0.4, 0.5) is 5.69 Å². The molecule has 1 rings (SSSR count). The molecule has 94 valence electrons. The summed E-state index contributed by atoms with van der Waals surface area (Å²) in [7, 11) is 0. The lowest BCUT2D eigenvalue weighted by molar-refractivity contribution is -0.385. The van der Waals surface area contributed by atoms with E-state index in [-0.39, 0.29) is 17.8 Å². The molecule has 0 saturated carbocycles. The highest BCUT2D eigenvalue weighted by Gasteiger charge is 2.22. The number of nitrogens with one attached hydrogen (secondary N) is 1. The summed E-state index contributed by atoms with van der Waals surface area (Å²) in [5, 5.41) is 22.1. The average molecular weight is 247 g/mol. The fourth-order valence-corrected chi connectivity index (χ4v) is 1.26. The van der Waals surface area contributed by atoms with Crippen LogP contribution in [0.25, 0.3) is 0 Å². The first-order chi connectivity index (χ1) is 8.37. The summed E-state index contributed by atoms with van der Waals surface area (Å²) in [5.74, 6) is -0.550. The van der Waals surface area contributed by atoms with Gasteiger partial charge in [-0.1, -0.05) is 12.1 Å². The third-order valence-electron chi connectivity index (χ3n) is 2.34. The number of amides is 1. The molecule has 0 spiro atoms. The van der Waals surface area contributed by atoms with Crippen molar-refractivity contribution in [3.8, 4) is 6.07 Å². The molecule has 0 atom stereocenters. The number of carbonyl (C=O) groups is 1. The number of nitrogens with zero attached hydrogens (tertiary/aromatic N) is 2. The van der Waals surface area contributed by atoms with Crippen LogP contribution in [0.2, 0.25) is 0 Å². The van der Waals surface area contributed by atoms with Gasteiger partial charge in [0.2, 0.25) is 0 Å². The van der Waals surface area contributed by atoms with Gasteiger partial charge in [-0.15, -0.1) is 0 Å². The minimum Gasteiger partial charge on any atom is -0.350 e. The normalized spacial score (nSPS) is 10.5. The van der Waals surface area contributed by atoms with E-state index < -0.39 is 16.2 Å². The van der Waals surface area contributed by atoms with Crippen LogP contribution in [0.15, 0.2) is 24.3 Å². The van der Waals surface area contributed by atoms with Gasteiger partial charge in [0.15, 0.2) is 0 Å². The maximum atomic E-state index is 11.8. The smallest absolute Gasteiger partial charge is 0.282 e. The Labute approximate surface area is 104 Å². The number of benzene rings is 1.